The number of aromatic carboxylic acids is 1. The lowest BCUT2D eigenvalue weighted by atomic mass is 10.2. The Balaban J connectivity index is 2.68. The highest BCUT2D eigenvalue weighted by atomic mass is 16.5. The van der Waals surface area contributed by atoms with Crippen LogP contribution in [-0.2, 0) is 4.74 Å². The van der Waals surface area contributed by atoms with Crippen LogP contribution >= 0.6 is 0 Å². The van der Waals surface area contributed by atoms with Gasteiger partial charge >= 0.3 is 5.97 Å². The SMILES string of the molecule is COCCNC(=O)c1ccnc(C(=O)O)c1. The van der Waals surface area contributed by atoms with Gasteiger partial charge in [0.15, 0.2) is 0 Å². The van der Waals surface area contributed by atoms with E-state index in [0.717, 1.165) is 0 Å². The van der Waals surface area contributed by atoms with Gasteiger partial charge in [-0.25, -0.2) is 9.78 Å². The maximum absolute atomic E-state index is 11.5. The van der Waals surface area contributed by atoms with E-state index in [-0.39, 0.29) is 17.2 Å². The van der Waals surface area contributed by atoms with E-state index in [4.69, 9.17) is 9.84 Å². The molecule has 1 amide bonds. The molecule has 86 valence electrons. The van der Waals surface area contributed by atoms with Crippen molar-refractivity contribution in [2.75, 3.05) is 20.3 Å². The fraction of sp³-hybridized carbons (Fsp3) is 0.300. The van der Waals surface area contributed by atoms with Crippen molar-refractivity contribution >= 4 is 11.9 Å². The Bertz CT molecular complexity index is 392. The molecule has 0 spiro atoms. The molecule has 1 rings (SSSR count). The number of nitrogens with zero attached hydrogens (tertiary/aromatic N) is 1. The molecule has 0 fully saturated rings. The molecule has 0 saturated carbocycles. The largest absolute Gasteiger partial charge is 0.477 e. The van der Waals surface area contributed by atoms with Crippen molar-refractivity contribution in [3.63, 3.8) is 0 Å². The van der Waals surface area contributed by atoms with Crippen LogP contribution in [0, 0.1) is 0 Å². The van der Waals surface area contributed by atoms with Gasteiger partial charge in [-0.1, -0.05) is 0 Å². The Morgan fingerprint density at radius 3 is 2.94 bits per heavy atom. The number of carbonyl (C=O) groups excluding carboxylic acids is 1. The third-order valence-corrected chi connectivity index (χ3v) is 1.83. The van der Waals surface area contributed by atoms with Gasteiger partial charge in [-0.05, 0) is 12.1 Å². The summed E-state index contributed by atoms with van der Waals surface area (Å²) in [6.07, 6.45) is 1.29. The van der Waals surface area contributed by atoms with Crippen LogP contribution in [0.1, 0.15) is 20.8 Å². The van der Waals surface area contributed by atoms with Gasteiger partial charge in [0.25, 0.3) is 5.91 Å². The van der Waals surface area contributed by atoms with Gasteiger partial charge in [0, 0.05) is 25.4 Å². The normalized spacial score (nSPS) is 9.81. The van der Waals surface area contributed by atoms with E-state index in [9.17, 15) is 9.59 Å². The van der Waals surface area contributed by atoms with Crippen molar-refractivity contribution in [2.24, 2.45) is 0 Å². The predicted octanol–water partition coefficient (Wildman–Crippen LogP) is 0.156. The first-order valence-corrected chi connectivity index (χ1v) is 4.61. The van der Waals surface area contributed by atoms with Crippen molar-refractivity contribution in [3.8, 4) is 0 Å². The van der Waals surface area contributed by atoms with Gasteiger partial charge in [-0.15, -0.1) is 0 Å². The zero-order chi connectivity index (χ0) is 12.0. The molecular weight excluding hydrogens is 212 g/mol. The first-order chi connectivity index (χ1) is 7.65. The van der Waals surface area contributed by atoms with E-state index >= 15 is 0 Å². The lowest BCUT2D eigenvalue weighted by molar-refractivity contribution is 0.0690. The fourth-order valence-electron chi connectivity index (χ4n) is 1.06. The molecule has 1 aromatic heterocycles. The summed E-state index contributed by atoms with van der Waals surface area (Å²) < 4.78 is 4.77. The van der Waals surface area contributed by atoms with Crippen LogP contribution in [0.15, 0.2) is 18.3 Å². The van der Waals surface area contributed by atoms with E-state index in [1.54, 1.807) is 0 Å². The van der Waals surface area contributed by atoms with Gasteiger partial charge < -0.3 is 15.2 Å². The fourth-order valence-corrected chi connectivity index (χ4v) is 1.06. The summed E-state index contributed by atoms with van der Waals surface area (Å²) in [6.45, 7) is 0.780. The van der Waals surface area contributed by atoms with Gasteiger partial charge in [0.2, 0.25) is 0 Å². The number of amides is 1. The monoisotopic (exact) mass is 224 g/mol. The number of methoxy groups -OCH3 is 1. The number of pyridine rings is 1. The highest BCUT2D eigenvalue weighted by molar-refractivity contribution is 5.96. The zero-order valence-electron chi connectivity index (χ0n) is 8.77. The van der Waals surface area contributed by atoms with E-state index < -0.39 is 5.97 Å². The summed E-state index contributed by atoms with van der Waals surface area (Å²) in [5.74, 6) is -1.51. The molecule has 0 bridgehead atoms. The number of hydrogen-bond acceptors (Lipinski definition) is 4. The van der Waals surface area contributed by atoms with Crippen LogP contribution in [0.4, 0.5) is 0 Å². The molecule has 0 unspecified atom stereocenters. The summed E-state index contributed by atoms with van der Waals surface area (Å²) in [5, 5.41) is 11.3. The minimum absolute atomic E-state index is 0.153. The first kappa shape index (κ1) is 12.1. The molecule has 1 aromatic rings. The smallest absolute Gasteiger partial charge is 0.354 e. The molecule has 16 heavy (non-hydrogen) atoms. The molecule has 0 aliphatic rings. The maximum Gasteiger partial charge on any atom is 0.354 e. The molecule has 1 heterocycles. The maximum atomic E-state index is 11.5. The Kier molecular flexibility index (Phi) is 4.41. The second-order valence-corrected chi connectivity index (χ2v) is 2.98. The Morgan fingerprint density at radius 2 is 2.31 bits per heavy atom. The van der Waals surface area contributed by atoms with Crippen LogP contribution in [0.5, 0.6) is 0 Å². The molecule has 0 aliphatic carbocycles. The van der Waals surface area contributed by atoms with Gasteiger partial charge in [0.05, 0.1) is 6.61 Å². The quantitative estimate of drug-likeness (QED) is 0.695. The zero-order valence-corrected chi connectivity index (χ0v) is 8.77. The molecule has 0 atom stereocenters. The average molecular weight is 224 g/mol. The summed E-state index contributed by atoms with van der Waals surface area (Å²) in [7, 11) is 1.53. The third kappa shape index (κ3) is 3.32. The number of aromatic nitrogens is 1. The van der Waals surface area contributed by atoms with Crippen LogP contribution < -0.4 is 5.32 Å². The number of carboxylic acids is 1. The molecule has 0 radical (unpaired) electrons. The summed E-state index contributed by atoms with van der Waals surface area (Å²) in [4.78, 5) is 25.7. The van der Waals surface area contributed by atoms with Crippen molar-refractivity contribution in [1.29, 1.82) is 0 Å². The summed E-state index contributed by atoms with van der Waals surface area (Å²) in [6, 6.07) is 2.68. The minimum atomic E-state index is -1.16. The van der Waals surface area contributed by atoms with Crippen molar-refractivity contribution in [3.05, 3.63) is 29.6 Å². The van der Waals surface area contributed by atoms with E-state index in [0.29, 0.717) is 13.2 Å². The lowest BCUT2D eigenvalue weighted by Gasteiger charge is -2.04. The molecular formula is C10H12N2O4. The Hall–Kier alpha value is -1.95. The number of carboxylic acid groups (broad SMARTS) is 1. The number of nitrogens with one attached hydrogen (secondary N) is 1. The van der Waals surface area contributed by atoms with Crippen LogP contribution in [0.2, 0.25) is 0 Å². The minimum Gasteiger partial charge on any atom is -0.477 e. The summed E-state index contributed by atoms with van der Waals surface area (Å²) >= 11 is 0. The van der Waals surface area contributed by atoms with Crippen LogP contribution in [-0.4, -0.2) is 42.2 Å². The number of carbonyl (C=O) groups is 2. The molecule has 0 aliphatic heterocycles. The van der Waals surface area contributed by atoms with Crippen molar-refractivity contribution in [2.45, 2.75) is 0 Å². The third-order valence-electron chi connectivity index (χ3n) is 1.83. The predicted molar refractivity (Wildman–Crippen MR) is 55.4 cm³/mol. The second kappa shape index (κ2) is 5.82. The lowest BCUT2D eigenvalue weighted by Crippen LogP contribution is -2.27. The van der Waals surface area contributed by atoms with Crippen LogP contribution in [0.3, 0.4) is 0 Å². The first-order valence-electron chi connectivity index (χ1n) is 4.61. The highest BCUT2D eigenvalue weighted by Gasteiger charge is 2.09. The molecule has 6 nitrogen and oxygen atoms in total. The topological polar surface area (TPSA) is 88.5 Å². The molecule has 6 heteroatoms. The number of rotatable bonds is 5. The van der Waals surface area contributed by atoms with E-state index in [1.165, 1.54) is 25.4 Å². The number of hydrogen-bond donors (Lipinski definition) is 2. The van der Waals surface area contributed by atoms with E-state index in [2.05, 4.69) is 10.3 Å². The molecule has 0 aromatic carbocycles. The Morgan fingerprint density at radius 1 is 1.56 bits per heavy atom. The highest BCUT2D eigenvalue weighted by Crippen LogP contribution is 2.01. The van der Waals surface area contributed by atoms with Crippen molar-refractivity contribution < 1.29 is 19.4 Å². The van der Waals surface area contributed by atoms with Crippen LogP contribution in [0.25, 0.3) is 0 Å². The average Bonchev–Trinajstić information content (AvgIpc) is 2.29. The van der Waals surface area contributed by atoms with E-state index in [1.807, 2.05) is 0 Å². The van der Waals surface area contributed by atoms with Crippen molar-refractivity contribution in [1.82, 2.24) is 10.3 Å². The second-order valence-electron chi connectivity index (χ2n) is 2.98. The molecule has 0 saturated heterocycles. The van der Waals surface area contributed by atoms with Gasteiger partial charge in [-0.3, -0.25) is 4.79 Å². The van der Waals surface area contributed by atoms with Gasteiger partial charge in [-0.2, -0.15) is 0 Å². The number of ether oxygens (including phenoxy) is 1. The Labute approximate surface area is 92.3 Å². The molecule has 2 N–H and O–H groups in total. The van der Waals surface area contributed by atoms with Gasteiger partial charge in [0.1, 0.15) is 5.69 Å². The standard InChI is InChI=1S/C10H12N2O4/c1-16-5-4-12-9(13)7-2-3-11-8(6-7)10(14)15/h2-3,6H,4-5H2,1H3,(H,12,13)(H,14,15). The summed E-state index contributed by atoms with van der Waals surface area (Å²) in [5.41, 5.74) is 0.114.